The Bertz CT molecular complexity index is 135. The summed E-state index contributed by atoms with van der Waals surface area (Å²) in [6, 6.07) is 0.719. The van der Waals surface area contributed by atoms with E-state index in [1.54, 1.807) is 0 Å². The van der Waals surface area contributed by atoms with Gasteiger partial charge in [-0.3, -0.25) is 0 Å². The van der Waals surface area contributed by atoms with Crippen LogP contribution in [0, 0.1) is 11.8 Å². The summed E-state index contributed by atoms with van der Waals surface area (Å²) in [6.07, 6.45) is 1.34. The van der Waals surface area contributed by atoms with E-state index in [2.05, 4.69) is 38.0 Å². The Labute approximate surface area is 82.7 Å². The van der Waals surface area contributed by atoms with Gasteiger partial charge < -0.3 is 10.2 Å². The van der Waals surface area contributed by atoms with Gasteiger partial charge in [0.1, 0.15) is 0 Å². The highest BCUT2D eigenvalue weighted by Gasteiger charge is 2.21. The summed E-state index contributed by atoms with van der Waals surface area (Å²) in [7, 11) is 2.22. The van der Waals surface area contributed by atoms with Crippen molar-refractivity contribution in [2.75, 3.05) is 26.7 Å². The van der Waals surface area contributed by atoms with E-state index in [1.165, 1.54) is 19.5 Å². The van der Waals surface area contributed by atoms with Crippen molar-refractivity contribution in [1.29, 1.82) is 0 Å². The van der Waals surface area contributed by atoms with Crippen molar-refractivity contribution in [3.05, 3.63) is 0 Å². The Morgan fingerprint density at radius 3 is 2.62 bits per heavy atom. The predicted molar refractivity (Wildman–Crippen MR) is 57.9 cm³/mol. The molecule has 78 valence electrons. The molecule has 0 amide bonds. The molecule has 2 atom stereocenters. The van der Waals surface area contributed by atoms with Gasteiger partial charge in [-0.25, -0.2) is 0 Å². The molecule has 2 unspecified atom stereocenters. The third kappa shape index (κ3) is 4.10. The maximum Gasteiger partial charge on any atom is 0.0198 e. The third-order valence-corrected chi connectivity index (χ3v) is 2.66. The molecule has 2 nitrogen and oxygen atoms in total. The highest BCUT2D eigenvalue weighted by molar-refractivity contribution is 4.80. The van der Waals surface area contributed by atoms with Crippen LogP contribution in [0.4, 0.5) is 0 Å². The lowest BCUT2D eigenvalue weighted by atomic mass is 9.96. The van der Waals surface area contributed by atoms with E-state index < -0.39 is 0 Å². The lowest BCUT2D eigenvalue weighted by molar-refractivity contribution is 0.177. The van der Waals surface area contributed by atoms with Crippen LogP contribution in [0.25, 0.3) is 0 Å². The zero-order valence-corrected chi connectivity index (χ0v) is 9.51. The molecule has 0 aromatic heterocycles. The minimum atomic E-state index is 0.719. The first-order valence-corrected chi connectivity index (χ1v) is 5.50. The van der Waals surface area contributed by atoms with Crippen molar-refractivity contribution >= 4 is 0 Å². The summed E-state index contributed by atoms with van der Waals surface area (Å²) in [5, 5.41) is 3.64. The predicted octanol–water partition coefficient (Wildman–Crippen LogP) is 1.57. The molecule has 0 aromatic rings. The highest BCUT2D eigenvalue weighted by Crippen LogP contribution is 2.14. The molecule has 0 aliphatic carbocycles. The van der Waals surface area contributed by atoms with Crippen LogP contribution in [0.5, 0.6) is 0 Å². The Morgan fingerprint density at radius 1 is 1.38 bits per heavy atom. The average Bonchev–Trinajstić information content (AvgIpc) is 1.99. The van der Waals surface area contributed by atoms with Crippen LogP contribution in [-0.2, 0) is 0 Å². The Balaban J connectivity index is 2.25. The van der Waals surface area contributed by atoms with Crippen LogP contribution in [-0.4, -0.2) is 37.6 Å². The fourth-order valence-corrected chi connectivity index (χ4v) is 2.17. The normalized spacial score (nSPS) is 31.2. The molecule has 0 radical (unpaired) electrons. The molecule has 2 heteroatoms. The molecule has 0 bridgehead atoms. The largest absolute Gasteiger partial charge is 0.312 e. The van der Waals surface area contributed by atoms with Crippen molar-refractivity contribution in [3.63, 3.8) is 0 Å². The van der Waals surface area contributed by atoms with Gasteiger partial charge in [-0.05, 0) is 31.8 Å². The zero-order valence-electron chi connectivity index (χ0n) is 9.51. The standard InChI is InChI=1S/C11H24N2/c1-9(2)6-12-11-5-10(3)7-13(4)8-11/h9-12H,5-8H2,1-4H3. The molecule has 0 saturated carbocycles. The van der Waals surface area contributed by atoms with Crippen molar-refractivity contribution in [1.82, 2.24) is 10.2 Å². The summed E-state index contributed by atoms with van der Waals surface area (Å²) in [4.78, 5) is 2.44. The molecule has 13 heavy (non-hydrogen) atoms. The SMILES string of the molecule is CC(C)CNC1CC(C)CN(C)C1. The molecule has 1 N–H and O–H groups in total. The van der Waals surface area contributed by atoms with Crippen LogP contribution in [0.1, 0.15) is 27.2 Å². The van der Waals surface area contributed by atoms with Gasteiger partial charge >= 0.3 is 0 Å². The fraction of sp³-hybridized carbons (Fsp3) is 1.00. The number of piperidine rings is 1. The maximum absolute atomic E-state index is 3.64. The van der Waals surface area contributed by atoms with Gasteiger partial charge in [-0.2, -0.15) is 0 Å². The van der Waals surface area contributed by atoms with Crippen LogP contribution in [0.3, 0.4) is 0 Å². The van der Waals surface area contributed by atoms with E-state index in [-0.39, 0.29) is 0 Å². The molecule has 1 rings (SSSR count). The molecule has 1 saturated heterocycles. The van der Waals surface area contributed by atoms with Crippen molar-refractivity contribution in [3.8, 4) is 0 Å². The topological polar surface area (TPSA) is 15.3 Å². The summed E-state index contributed by atoms with van der Waals surface area (Å²) in [5.41, 5.74) is 0. The molecule has 1 aliphatic rings. The minimum absolute atomic E-state index is 0.719. The Kier molecular flexibility index (Phi) is 4.20. The van der Waals surface area contributed by atoms with Gasteiger partial charge in [0.2, 0.25) is 0 Å². The maximum atomic E-state index is 3.64. The Morgan fingerprint density at radius 2 is 2.08 bits per heavy atom. The molecule has 1 heterocycles. The van der Waals surface area contributed by atoms with E-state index in [0.717, 1.165) is 24.4 Å². The zero-order chi connectivity index (χ0) is 9.84. The van der Waals surface area contributed by atoms with Gasteiger partial charge in [-0.1, -0.05) is 20.8 Å². The number of rotatable bonds is 3. The first kappa shape index (κ1) is 11.0. The fourth-order valence-electron chi connectivity index (χ4n) is 2.17. The monoisotopic (exact) mass is 184 g/mol. The molecular formula is C11H24N2. The smallest absolute Gasteiger partial charge is 0.0198 e. The van der Waals surface area contributed by atoms with E-state index in [0.29, 0.717) is 0 Å². The summed E-state index contributed by atoms with van der Waals surface area (Å²) in [6.45, 7) is 10.5. The second kappa shape index (κ2) is 4.97. The number of likely N-dealkylation sites (N-methyl/N-ethyl adjacent to an activating group) is 1. The van der Waals surface area contributed by atoms with Gasteiger partial charge in [0.05, 0.1) is 0 Å². The lowest BCUT2D eigenvalue weighted by Gasteiger charge is -2.34. The van der Waals surface area contributed by atoms with Gasteiger partial charge in [-0.15, -0.1) is 0 Å². The number of hydrogen-bond donors (Lipinski definition) is 1. The lowest BCUT2D eigenvalue weighted by Crippen LogP contribution is -2.47. The Hall–Kier alpha value is -0.0800. The molecule has 1 fully saturated rings. The summed E-state index contributed by atoms with van der Waals surface area (Å²) < 4.78 is 0. The number of hydrogen-bond acceptors (Lipinski definition) is 2. The molecule has 0 spiro atoms. The van der Waals surface area contributed by atoms with Crippen LogP contribution in [0.15, 0.2) is 0 Å². The van der Waals surface area contributed by atoms with Gasteiger partial charge in [0.25, 0.3) is 0 Å². The second-order valence-electron chi connectivity index (χ2n) is 5.06. The van der Waals surface area contributed by atoms with E-state index in [9.17, 15) is 0 Å². The van der Waals surface area contributed by atoms with E-state index >= 15 is 0 Å². The van der Waals surface area contributed by atoms with E-state index in [4.69, 9.17) is 0 Å². The number of nitrogens with zero attached hydrogens (tertiary/aromatic N) is 1. The highest BCUT2D eigenvalue weighted by atomic mass is 15.1. The van der Waals surface area contributed by atoms with Crippen LogP contribution < -0.4 is 5.32 Å². The average molecular weight is 184 g/mol. The van der Waals surface area contributed by atoms with E-state index in [1.807, 2.05) is 0 Å². The van der Waals surface area contributed by atoms with Crippen molar-refractivity contribution in [2.45, 2.75) is 33.2 Å². The third-order valence-electron chi connectivity index (χ3n) is 2.66. The van der Waals surface area contributed by atoms with Crippen LogP contribution in [0.2, 0.25) is 0 Å². The summed E-state index contributed by atoms with van der Waals surface area (Å²) in [5.74, 6) is 1.62. The van der Waals surface area contributed by atoms with Crippen molar-refractivity contribution < 1.29 is 0 Å². The first-order chi connectivity index (χ1) is 6.08. The van der Waals surface area contributed by atoms with Crippen LogP contribution >= 0.6 is 0 Å². The van der Waals surface area contributed by atoms with Gasteiger partial charge in [0.15, 0.2) is 0 Å². The first-order valence-electron chi connectivity index (χ1n) is 5.50. The van der Waals surface area contributed by atoms with Crippen molar-refractivity contribution in [2.24, 2.45) is 11.8 Å². The minimum Gasteiger partial charge on any atom is -0.312 e. The summed E-state index contributed by atoms with van der Waals surface area (Å²) >= 11 is 0. The number of likely N-dealkylation sites (tertiary alicyclic amines) is 1. The second-order valence-corrected chi connectivity index (χ2v) is 5.06. The molecular weight excluding hydrogens is 160 g/mol. The number of nitrogens with one attached hydrogen (secondary N) is 1. The quantitative estimate of drug-likeness (QED) is 0.716. The molecule has 0 aromatic carbocycles. The van der Waals surface area contributed by atoms with Gasteiger partial charge in [0, 0.05) is 19.1 Å². The molecule has 1 aliphatic heterocycles.